The van der Waals surface area contributed by atoms with E-state index in [4.69, 9.17) is 4.74 Å². The molecule has 0 fully saturated rings. The van der Waals surface area contributed by atoms with Crippen LogP contribution in [0.2, 0.25) is 0 Å². The molecule has 0 rings (SSSR count). The van der Waals surface area contributed by atoms with Crippen LogP contribution in [0, 0.1) is 0 Å². The zero-order valence-corrected chi connectivity index (χ0v) is 8.79. The van der Waals surface area contributed by atoms with Crippen molar-refractivity contribution in [3.05, 3.63) is 0 Å². The zero-order valence-electron chi connectivity index (χ0n) is 8.79. The molecule has 0 aliphatic rings. The Morgan fingerprint density at radius 1 is 1.33 bits per heavy atom. The maximum Gasteiger partial charge on any atom is 0.0900 e. The second-order valence-corrected chi connectivity index (χ2v) is 4.34. The van der Waals surface area contributed by atoms with E-state index in [1.165, 1.54) is 0 Å². The molecule has 12 heavy (non-hydrogen) atoms. The number of rotatable bonds is 4. The van der Waals surface area contributed by atoms with Crippen LogP contribution in [0.15, 0.2) is 0 Å². The lowest BCUT2D eigenvalue weighted by molar-refractivity contribution is -0.0533. The van der Waals surface area contributed by atoms with Crippen molar-refractivity contribution in [1.29, 1.82) is 0 Å². The molecular formula is C9H21NO2. The summed E-state index contributed by atoms with van der Waals surface area (Å²) in [6.07, 6.45) is -0.390. The summed E-state index contributed by atoms with van der Waals surface area (Å²) < 4.78 is 5.42. The van der Waals surface area contributed by atoms with Gasteiger partial charge in [-0.15, -0.1) is 0 Å². The van der Waals surface area contributed by atoms with E-state index < -0.39 is 0 Å². The molecule has 0 amide bonds. The van der Waals surface area contributed by atoms with Crippen molar-refractivity contribution in [2.75, 3.05) is 27.2 Å². The predicted molar refractivity (Wildman–Crippen MR) is 50.3 cm³/mol. The van der Waals surface area contributed by atoms with Crippen LogP contribution in [0.25, 0.3) is 0 Å². The van der Waals surface area contributed by atoms with E-state index in [1.54, 1.807) is 0 Å². The van der Waals surface area contributed by atoms with Crippen molar-refractivity contribution in [1.82, 2.24) is 4.90 Å². The van der Waals surface area contributed by atoms with Gasteiger partial charge in [0.15, 0.2) is 0 Å². The summed E-state index contributed by atoms with van der Waals surface area (Å²) in [7, 11) is 3.86. The standard InChI is InChI=1S/C9H21NO2/c1-9(2,3)12-7-8(11)6-10(4)5/h8,11H,6-7H2,1-5H3/t8-/m1/s1. The molecule has 74 valence electrons. The Morgan fingerprint density at radius 3 is 2.17 bits per heavy atom. The van der Waals surface area contributed by atoms with Crippen LogP contribution in [0.3, 0.4) is 0 Å². The van der Waals surface area contributed by atoms with Gasteiger partial charge in [0.25, 0.3) is 0 Å². The minimum atomic E-state index is -0.390. The average Bonchev–Trinajstić information content (AvgIpc) is 1.80. The third-order valence-corrected chi connectivity index (χ3v) is 1.28. The van der Waals surface area contributed by atoms with Gasteiger partial charge in [-0.1, -0.05) is 0 Å². The Hall–Kier alpha value is -0.120. The quantitative estimate of drug-likeness (QED) is 0.683. The van der Waals surface area contributed by atoms with Gasteiger partial charge in [-0.25, -0.2) is 0 Å². The monoisotopic (exact) mass is 175 g/mol. The topological polar surface area (TPSA) is 32.7 Å². The Balaban J connectivity index is 3.51. The lowest BCUT2D eigenvalue weighted by Crippen LogP contribution is -2.33. The minimum absolute atomic E-state index is 0.159. The van der Waals surface area contributed by atoms with Gasteiger partial charge in [-0.3, -0.25) is 0 Å². The molecule has 0 aliphatic carbocycles. The lowest BCUT2D eigenvalue weighted by Gasteiger charge is -2.23. The van der Waals surface area contributed by atoms with Crippen LogP contribution in [0.5, 0.6) is 0 Å². The summed E-state index contributed by atoms with van der Waals surface area (Å²) in [5, 5.41) is 9.42. The second-order valence-electron chi connectivity index (χ2n) is 4.34. The smallest absolute Gasteiger partial charge is 0.0900 e. The number of nitrogens with zero attached hydrogens (tertiary/aromatic N) is 1. The molecule has 0 aromatic heterocycles. The molecule has 3 nitrogen and oxygen atoms in total. The first-order chi connectivity index (χ1) is 5.31. The summed E-state index contributed by atoms with van der Waals surface area (Å²) in [6, 6.07) is 0. The normalized spacial score (nSPS) is 15.2. The van der Waals surface area contributed by atoms with E-state index in [1.807, 2.05) is 39.8 Å². The first-order valence-corrected chi connectivity index (χ1v) is 4.28. The Labute approximate surface area is 75.3 Å². The van der Waals surface area contributed by atoms with Gasteiger partial charge in [-0.2, -0.15) is 0 Å². The number of aliphatic hydroxyl groups is 1. The van der Waals surface area contributed by atoms with Crippen LogP contribution in [0.4, 0.5) is 0 Å². The molecule has 0 aliphatic heterocycles. The first kappa shape index (κ1) is 11.9. The van der Waals surface area contributed by atoms with Gasteiger partial charge in [-0.05, 0) is 34.9 Å². The number of aliphatic hydroxyl groups excluding tert-OH is 1. The summed E-state index contributed by atoms with van der Waals surface area (Å²) >= 11 is 0. The van der Waals surface area contributed by atoms with Gasteiger partial charge in [0.1, 0.15) is 0 Å². The second kappa shape index (κ2) is 4.80. The first-order valence-electron chi connectivity index (χ1n) is 4.28. The van der Waals surface area contributed by atoms with E-state index in [0.29, 0.717) is 13.2 Å². The molecule has 1 N–H and O–H groups in total. The molecule has 0 radical (unpaired) electrons. The molecule has 0 spiro atoms. The third-order valence-electron chi connectivity index (χ3n) is 1.28. The van der Waals surface area contributed by atoms with E-state index in [9.17, 15) is 5.11 Å². The number of hydrogen-bond donors (Lipinski definition) is 1. The SMILES string of the molecule is CN(C)C[C@@H](O)COC(C)(C)C. The van der Waals surface area contributed by atoms with Crippen LogP contribution >= 0.6 is 0 Å². The van der Waals surface area contributed by atoms with E-state index >= 15 is 0 Å². The maximum absolute atomic E-state index is 9.42. The molecule has 0 bridgehead atoms. The molecule has 3 heteroatoms. The highest BCUT2D eigenvalue weighted by Gasteiger charge is 2.13. The average molecular weight is 175 g/mol. The minimum Gasteiger partial charge on any atom is -0.389 e. The van der Waals surface area contributed by atoms with Crippen molar-refractivity contribution in [3.8, 4) is 0 Å². The van der Waals surface area contributed by atoms with Crippen LogP contribution in [0.1, 0.15) is 20.8 Å². The zero-order chi connectivity index (χ0) is 9.78. The van der Waals surface area contributed by atoms with Gasteiger partial charge in [0, 0.05) is 6.54 Å². The molecule has 1 atom stereocenters. The fourth-order valence-electron chi connectivity index (χ4n) is 0.820. The van der Waals surface area contributed by atoms with E-state index in [0.717, 1.165) is 0 Å². The van der Waals surface area contributed by atoms with E-state index in [-0.39, 0.29) is 11.7 Å². The summed E-state index contributed by atoms with van der Waals surface area (Å²) in [5.74, 6) is 0. The molecule has 0 heterocycles. The van der Waals surface area contributed by atoms with Crippen molar-refractivity contribution in [2.24, 2.45) is 0 Å². The van der Waals surface area contributed by atoms with E-state index in [2.05, 4.69) is 0 Å². The molecular weight excluding hydrogens is 154 g/mol. The highest BCUT2D eigenvalue weighted by Crippen LogP contribution is 2.06. The van der Waals surface area contributed by atoms with Crippen LogP contribution in [-0.4, -0.2) is 49.0 Å². The highest BCUT2D eigenvalue weighted by molar-refractivity contribution is 4.63. The Bertz CT molecular complexity index is 118. The van der Waals surface area contributed by atoms with Gasteiger partial charge in [0.05, 0.1) is 18.3 Å². The summed E-state index contributed by atoms with van der Waals surface area (Å²) in [5.41, 5.74) is -0.159. The largest absolute Gasteiger partial charge is 0.389 e. The van der Waals surface area contributed by atoms with Crippen LogP contribution in [-0.2, 0) is 4.74 Å². The fraction of sp³-hybridized carbons (Fsp3) is 1.00. The van der Waals surface area contributed by atoms with Crippen LogP contribution < -0.4 is 0 Å². The lowest BCUT2D eigenvalue weighted by atomic mass is 10.2. The maximum atomic E-state index is 9.42. The van der Waals surface area contributed by atoms with Crippen molar-refractivity contribution >= 4 is 0 Å². The summed E-state index contributed by atoms with van der Waals surface area (Å²) in [4.78, 5) is 1.94. The van der Waals surface area contributed by atoms with Gasteiger partial charge >= 0.3 is 0 Å². The van der Waals surface area contributed by atoms with Gasteiger partial charge < -0.3 is 14.7 Å². The molecule has 0 saturated heterocycles. The number of likely N-dealkylation sites (N-methyl/N-ethyl adjacent to an activating group) is 1. The molecule has 0 aromatic rings. The molecule has 0 saturated carbocycles. The summed E-state index contributed by atoms with van der Waals surface area (Å²) in [6.45, 7) is 7.00. The Morgan fingerprint density at radius 2 is 1.83 bits per heavy atom. The van der Waals surface area contributed by atoms with Crippen molar-refractivity contribution in [2.45, 2.75) is 32.5 Å². The van der Waals surface area contributed by atoms with Gasteiger partial charge in [0.2, 0.25) is 0 Å². The number of ether oxygens (including phenoxy) is 1. The van der Waals surface area contributed by atoms with Crippen molar-refractivity contribution < 1.29 is 9.84 Å². The number of hydrogen-bond acceptors (Lipinski definition) is 3. The highest BCUT2D eigenvalue weighted by atomic mass is 16.5. The van der Waals surface area contributed by atoms with Crippen molar-refractivity contribution in [3.63, 3.8) is 0 Å². The molecule has 0 unspecified atom stereocenters. The predicted octanol–water partition coefficient (Wildman–Crippen LogP) is 0.724. The molecule has 0 aromatic carbocycles. The Kier molecular flexibility index (Phi) is 4.75. The third kappa shape index (κ3) is 7.98. The fourth-order valence-corrected chi connectivity index (χ4v) is 0.820.